The Morgan fingerprint density at radius 2 is 1.18 bits per heavy atom. The Balaban J connectivity index is 0.00000259. The second-order valence-electron chi connectivity index (χ2n) is 8.10. The number of oxazole rings is 1. The second kappa shape index (κ2) is 10.8. The van der Waals surface area contributed by atoms with Gasteiger partial charge in [-0.05, 0) is 55.7 Å². The average molecular weight is 572 g/mol. The normalized spacial score (nSPS) is 14.0. The van der Waals surface area contributed by atoms with E-state index in [9.17, 15) is 4.39 Å². The molecule has 0 saturated carbocycles. The first-order chi connectivity index (χ1) is 15.8. The SMILES string of the molecule is FCc1nc([P+](c2ccccc2)(c2ccccc2)c2ccccc2)c(N2CCCCC2)o1.[I-]. The van der Waals surface area contributed by atoms with Gasteiger partial charge in [-0.15, -0.1) is 0 Å². The minimum atomic E-state index is -2.42. The van der Waals surface area contributed by atoms with Crippen LogP contribution in [0.2, 0.25) is 0 Å². The molecule has 0 radical (unpaired) electrons. The van der Waals surface area contributed by atoms with Crippen LogP contribution in [0.25, 0.3) is 0 Å². The fourth-order valence-corrected chi connectivity index (χ4v) is 8.92. The fraction of sp³-hybridized carbons (Fsp3) is 0.222. The molecule has 33 heavy (non-hydrogen) atoms. The van der Waals surface area contributed by atoms with E-state index in [4.69, 9.17) is 9.40 Å². The molecular formula is C27H27FIN2OP. The first-order valence-corrected chi connectivity index (χ1v) is 13.0. The number of benzene rings is 3. The number of halogens is 2. The van der Waals surface area contributed by atoms with E-state index in [1.54, 1.807) is 0 Å². The van der Waals surface area contributed by atoms with Gasteiger partial charge in [0.1, 0.15) is 15.9 Å². The summed E-state index contributed by atoms with van der Waals surface area (Å²) in [7, 11) is -2.42. The Labute approximate surface area is 212 Å². The first-order valence-electron chi connectivity index (χ1n) is 11.2. The third-order valence-corrected chi connectivity index (χ3v) is 10.3. The Kier molecular flexibility index (Phi) is 7.82. The molecule has 170 valence electrons. The highest BCUT2D eigenvalue weighted by molar-refractivity contribution is 8.01. The molecule has 3 nitrogen and oxygen atoms in total. The van der Waals surface area contributed by atoms with E-state index in [1.165, 1.54) is 22.3 Å². The summed E-state index contributed by atoms with van der Waals surface area (Å²) >= 11 is 0. The van der Waals surface area contributed by atoms with Crippen LogP contribution in [0.1, 0.15) is 25.2 Å². The smallest absolute Gasteiger partial charge is 0.261 e. The number of nitrogens with zero attached hydrogens (tertiary/aromatic N) is 2. The number of anilines is 1. The molecule has 6 heteroatoms. The quantitative estimate of drug-likeness (QED) is 0.261. The van der Waals surface area contributed by atoms with E-state index < -0.39 is 13.9 Å². The van der Waals surface area contributed by atoms with Gasteiger partial charge in [0.05, 0.1) is 0 Å². The lowest BCUT2D eigenvalue weighted by Gasteiger charge is -2.30. The van der Waals surface area contributed by atoms with Gasteiger partial charge in [0.15, 0.2) is 13.9 Å². The van der Waals surface area contributed by atoms with Gasteiger partial charge in [-0.2, -0.15) is 4.98 Å². The predicted octanol–water partition coefficient (Wildman–Crippen LogP) is 1.76. The van der Waals surface area contributed by atoms with Crippen LogP contribution in [0.4, 0.5) is 10.3 Å². The molecule has 3 aromatic carbocycles. The maximum absolute atomic E-state index is 13.9. The Bertz CT molecular complexity index is 1050. The van der Waals surface area contributed by atoms with E-state index in [2.05, 4.69) is 77.7 Å². The van der Waals surface area contributed by atoms with Crippen LogP contribution >= 0.6 is 7.26 Å². The summed E-state index contributed by atoms with van der Waals surface area (Å²) in [5.41, 5.74) is 0.871. The van der Waals surface area contributed by atoms with Gasteiger partial charge >= 0.3 is 0 Å². The van der Waals surface area contributed by atoms with Gasteiger partial charge in [0.2, 0.25) is 5.89 Å². The van der Waals surface area contributed by atoms with Gasteiger partial charge in [-0.1, -0.05) is 54.6 Å². The molecule has 1 saturated heterocycles. The number of aromatic nitrogens is 1. The molecule has 0 spiro atoms. The first kappa shape index (κ1) is 23.9. The monoisotopic (exact) mass is 572 g/mol. The van der Waals surface area contributed by atoms with Crippen molar-refractivity contribution in [2.75, 3.05) is 18.0 Å². The molecule has 0 unspecified atom stereocenters. The van der Waals surface area contributed by atoms with Crippen molar-refractivity contribution in [1.82, 2.24) is 4.98 Å². The lowest BCUT2D eigenvalue weighted by molar-refractivity contribution is -0.00000722. The van der Waals surface area contributed by atoms with Crippen molar-refractivity contribution in [2.24, 2.45) is 0 Å². The van der Waals surface area contributed by atoms with Crippen molar-refractivity contribution >= 4 is 34.5 Å². The zero-order chi connectivity index (χ0) is 21.8. The highest BCUT2D eigenvalue weighted by Gasteiger charge is 2.53. The van der Waals surface area contributed by atoms with Crippen LogP contribution in [-0.2, 0) is 6.67 Å². The van der Waals surface area contributed by atoms with Crippen LogP contribution < -0.4 is 50.2 Å². The predicted molar refractivity (Wildman–Crippen MR) is 132 cm³/mol. The molecule has 0 atom stereocenters. The van der Waals surface area contributed by atoms with Gasteiger partial charge in [-0.3, -0.25) is 0 Å². The number of hydrogen-bond acceptors (Lipinski definition) is 3. The number of alkyl halides is 1. The summed E-state index contributed by atoms with van der Waals surface area (Å²) in [6.45, 7) is 1.11. The lowest BCUT2D eigenvalue weighted by atomic mass is 10.1. The number of rotatable bonds is 6. The van der Waals surface area contributed by atoms with Crippen LogP contribution in [0.5, 0.6) is 0 Å². The van der Waals surface area contributed by atoms with Crippen molar-refractivity contribution in [3.8, 4) is 0 Å². The third-order valence-electron chi connectivity index (χ3n) is 6.14. The highest BCUT2D eigenvalue weighted by atomic mass is 127. The summed E-state index contributed by atoms with van der Waals surface area (Å²) < 4.78 is 20.1. The Hall–Kier alpha value is -2.24. The Morgan fingerprint density at radius 3 is 1.61 bits per heavy atom. The van der Waals surface area contributed by atoms with Gasteiger partial charge in [0.25, 0.3) is 11.3 Å². The van der Waals surface area contributed by atoms with E-state index in [1.807, 2.05) is 18.2 Å². The number of hydrogen-bond donors (Lipinski definition) is 0. The molecule has 0 amide bonds. The fourth-order valence-electron chi connectivity index (χ4n) is 4.69. The molecular weight excluding hydrogens is 545 g/mol. The van der Waals surface area contributed by atoms with Gasteiger partial charge < -0.3 is 33.3 Å². The van der Waals surface area contributed by atoms with Gasteiger partial charge in [-0.25, -0.2) is 4.39 Å². The summed E-state index contributed by atoms with van der Waals surface area (Å²) in [4.78, 5) is 7.14. The van der Waals surface area contributed by atoms with Crippen molar-refractivity contribution < 1.29 is 32.8 Å². The van der Waals surface area contributed by atoms with Crippen molar-refractivity contribution in [3.05, 3.63) is 96.9 Å². The van der Waals surface area contributed by atoms with E-state index in [0.29, 0.717) is 0 Å². The van der Waals surface area contributed by atoms with E-state index in [-0.39, 0.29) is 29.9 Å². The molecule has 1 fully saturated rings. The minimum Gasteiger partial charge on any atom is -1.00 e. The minimum absolute atomic E-state index is 0. The Morgan fingerprint density at radius 1 is 0.727 bits per heavy atom. The molecule has 0 N–H and O–H groups in total. The molecule has 0 bridgehead atoms. The highest BCUT2D eigenvalue weighted by Crippen LogP contribution is 2.56. The number of piperidine rings is 1. The molecule has 4 aromatic rings. The van der Waals surface area contributed by atoms with Crippen molar-refractivity contribution in [1.29, 1.82) is 0 Å². The maximum Gasteiger partial charge on any atom is 0.261 e. The standard InChI is InChI=1S/C27H27FN2OP.HI/c28-21-25-29-26(27(31-25)30-19-11-4-12-20-30)32(22-13-5-1-6-14-22,23-15-7-2-8-16-23)24-17-9-3-10-18-24;/h1-3,5-10,13-18H,4,11-12,19-21H2;1H/q+1;/p-1. The molecule has 2 heterocycles. The molecule has 5 rings (SSSR count). The molecule has 1 aromatic heterocycles. The van der Waals surface area contributed by atoms with Crippen LogP contribution in [0.15, 0.2) is 95.4 Å². The van der Waals surface area contributed by atoms with Crippen LogP contribution in [-0.4, -0.2) is 18.1 Å². The summed E-state index contributed by atoms with van der Waals surface area (Å²) in [5, 5.41) is 3.57. The summed E-state index contributed by atoms with van der Waals surface area (Å²) in [6.07, 6.45) is 3.43. The van der Waals surface area contributed by atoms with E-state index >= 15 is 0 Å². The third kappa shape index (κ3) is 4.45. The van der Waals surface area contributed by atoms with E-state index in [0.717, 1.165) is 37.3 Å². The van der Waals surface area contributed by atoms with Crippen LogP contribution in [0, 0.1) is 0 Å². The second-order valence-corrected chi connectivity index (χ2v) is 11.4. The average Bonchev–Trinajstić information content (AvgIpc) is 3.32. The molecule has 1 aliphatic heterocycles. The van der Waals surface area contributed by atoms with Crippen molar-refractivity contribution in [3.63, 3.8) is 0 Å². The largest absolute Gasteiger partial charge is 1.00 e. The summed E-state index contributed by atoms with van der Waals surface area (Å²) in [6, 6.07) is 31.6. The lowest BCUT2D eigenvalue weighted by Crippen LogP contribution is -3.00. The molecule has 1 aliphatic rings. The topological polar surface area (TPSA) is 29.3 Å². The van der Waals surface area contributed by atoms with Gasteiger partial charge in [0, 0.05) is 13.1 Å². The zero-order valence-electron chi connectivity index (χ0n) is 18.4. The van der Waals surface area contributed by atoms with Crippen molar-refractivity contribution in [2.45, 2.75) is 25.9 Å². The van der Waals surface area contributed by atoms with Crippen LogP contribution in [0.3, 0.4) is 0 Å². The molecule has 0 aliphatic carbocycles. The summed E-state index contributed by atoms with van der Waals surface area (Å²) in [5.74, 6) is 0.898. The maximum atomic E-state index is 13.9. The zero-order valence-corrected chi connectivity index (χ0v) is 21.5.